The normalized spacial score (nSPS) is 11.9. The van der Waals surface area contributed by atoms with Crippen LogP contribution in [0.5, 0.6) is 0 Å². The van der Waals surface area contributed by atoms with Gasteiger partial charge in [-0.05, 0) is 25.8 Å². The third kappa shape index (κ3) is 7.25. The van der Waals surface area contributed by atoms with Crippen LogP contribution in [-0.4, -0.2) is 12.6 Å². The highest BCUT2D eigenvalue weighted by Crippen LogP contribution is 2.18. The van der Waals surface area contributed by atoms with E-state index in [0.29, 0.717) is 6.42 Å². The van der Waals surface area contributed by atoms with E-state index >= 15 is 0 Å². The monoisotopic (exact) mass is 256 g/mol. The van der Waals surface area contributed by atoms with Gasteiger partial charge in [-0.3, -0.25) is 0 Å². The number of unbranched alkanes of at least 4 members (excludes halogenated alkanes) is 5. The first-order chi connectivity index (χ1) is 8.67. The lowest BCUT2D eigenvalue weighted by atomic mass is 10.0. The molecule has 0 saturated carbocycles. The number of esters is 1. The molecule has 0 aliphatic rings. The van der Waals surface area contributed by atoms with E-state index in [1.54, 1.807) is 6.92 Å². The highest BCUT2D eigenvalue weighted by Gasteiger charge is 2.14. The largest absolute Gasteiger partial charge is 0.463 e. The maximum atomic E-state index is 13.5. The molecule has 0 fully saturated rings. The highest BCUT2D eigenvalue weighted by molar-refractivity contribution is 5.89. The van der Waals surface area contributed by atoms with Crippen molar-refractivity contribution in [2.75, 3.05) is 6.61 Å². The molecule has 0 bridgehead atoms. The number of carbonyl (C=O) groups is 1. The lowest BCUT2D eigenvalue weighted by Gasteiger charge is -2.07. The second-order valence-electron chi connectivity index (χ2n) is 4.27. The zero-order chi connectivity index (χ0) is 13.8. The Balaban J connectivity index is 4.12. The van der Waals surface area contributed by atoms with Crippen LogP contribution in [0.25, 0.3) is 0 Å². The molecule has 0 heterocycles. The topological polar surface area (TPSA) is 26.3 Å². The van der Waals surface area contributed by atoms with Gasteiger partial charge in [0.05, 0.1) is 12.2 Å². The number of hydrogen-bond donors (Lipinski definition) is 0. The third-order valence-corrected chi connectivity index (χ3v) is 2.77. The predicted octanol–water partition coefficient (Wildman–Crippen LogP) is 4.71. The van der Waals surface area contributed by atoms with Gasteiger partial charge in [-0.1, -0.05) is 45.6 Å². The predicted molar refractivity (Wildman–Crippen MR) is 73.0 cm³/mol. The van der Waals surface area contributed by atoms with E-state index in [9.17, 15) is 9.18 Å². The second kappa shape index (κ2) is 11.0. The fourth-order valence-electron chi connectivity index (χ4n) is 1.74. The third-order valence-electron chi connectivity index (χ3n) is 2.77. The molecule has 104 valence electrons. The van der Waals surface area contributed by atoms with Crippen LogP contribution < -0.4 is 0 Å². The molecule has 0 aromatic heterocycles. The highest BCUT2D eigenvalue weighted by atomic mass is 19.1. The summed E-state index contributed by atoms with van der Waals surface area (Å²) in [7, 11) is 0. The Kier molecular flexibility index (Phi) is 10.3. The zero-order valence-electron chi connectivity index (χ0n) is 11.6. The van der Waals surface area contributed by atoms with Crippen molar-refractivity contribution >= 4 is 5.97 Å². The molecule has 0 saturated heterocycles. The van der Waals surface area contributed by atoms with Gasteiger partial charge in [0.2, 0.25) is 0 Å². The molecular weight excluding hydrogens is 231 g/mol. The van der Waals surface area contributed by atoms with Crippen molar-refractivity contribution in [3.05, 3.63) is 24.1 Å². The fourth-order valence-corrected chi connectivity index (χ4v) is 1.74. The van der Waals surface area contributed by atoms with E-state index < -0.39 is 11.8 Å². The molecule has 0 amide bonds. The standard InChI is InChI=1S/C15H25FO2/c1-4-7-8-9-10-11-12-13(14(16)5-2)15(17)18-6-3/h5H,2,4,6-12H2,1,3H3/b14-13+. The lowest BCUT2D eigenvalue weighted by molar-refractivity contribution is -0.138. The molecule has 0 atom stereocenters. The van der Waals surface area contributed by atoms with Gasteiger partial charge in [-0.2, -0.15) is 0 Å². The Labute approximate surface area is 110 Å². The number of carbonyl (C=O) groups excluding carboxylic acids is 1. The first-order valence-electron chi connectivity index (χ1n) is 6.85. The van der Waals surface area contributed by atoms with Gasteiger partial charge in [-0.15, -0.1) is 0 Å². The minimum absolute atomic E-state index is 0.127. The SMILES string of the molecule is C=C/C(F)=C(/CCCCCCCC)C(=O)OCC. The van der Waals surface area contributed by atoms with Crippen LogP contribution in [0.3, 0.4) is 0 Å². The molecule has 2 nitrogen and oxygen atoms in total. The van der Waals surface area contributed by atoms with Gasteiger partial charge in [0, 0.05) is 0 Å². The molecule has 0 aliphatic heterocycles. The first-order valence-corrected chi connectivity index (χ1v) is 6.85. The van der Waals surface area contributed by atoms with Gasteiger partial charge < -0.3 is 4.74 Å². The van der Waals surface area contributed by atoms with E-state index in [-0.39, 0.29) is 12.2 Å². The minimum atomic E-state index is -0.554. The van der Waals surface area contributed by atoms with Crippen molar-refractivity contribution in [1.82, 2.24) is 0 Å². The summed E-state index contributed by atoms with van der Waals surface area (Å²) < 4.78 is 18.3. The van der Waals surface area contributed by atoms with Crippen LogP contribution in [0.1, 0.15) is 58.8 Å². The van der Waals surface area contributed by atoms with Crippen LogP contribution >= 0.6 is 0 Å². The number of halogens is 1. The number of allylic oxidation sites excluding steroid dienone is 2. The smallest absolute Gasteiger partial charge is 0.336 e. The van der Waals surface area contributed by atoms with Crippen LogP contribution in [0, 0.1) is 0 Å². The van der Waals surface area contributed by atoms with E-state index in [2.05, 4.69) is 13.5 Å². The zero-order valence-corrected chi connectivity index (χ0v) is 11.6. The molecule has 0 aromatic rings. The lowest BCUT2D eigenvalue weighted by Crippen LogP contribution is -2.09. The summed E-state index contributed by atoms with van der Waals surface area (Å²) in [6.45, 7) is 7.50. The quantitative estimate of drug-likeness (QED) is 0.245. The van der Waals surface area contributed by atoms with Gasteiger partial charge in [0.1, 0.15) is 5.83 Å². The van der Waals surface area contributed by atoms with Crippen molar-refractivity contribution in [3.63, 3.8) is 0 Å². The molecule has 0 rings (SSSR count). The molecule has 0 radical (unpaired) electrons. The summed E-state index contributed by atoms with van der Waals surface area (Å²) >= 11 is 0. The van der Waals surface area contributed by atoms with E-state index in [1.165, 1.54) is 19.3 Å². The summed E-state index contributed by atoms with van der Waals surface area (Å²) in [6, 6.07) is 0. The summed E-state index contributed by atoms with van der Waals surface area (Å²) in [4.78, 5) is 11.5. The summed E-state index contributed by atoms with van der Waals surface area (Å²) in [5.41, 5.74) is 0.127. The molecule has 18 heavy (non-hydrogen) atoms. The Morgan fingerprint density at radius 2 is 1.78 bits per heavy atom. The molecule has 0 aliphatic carbocycles. The first kappa shape index (κ1) is 16.9. The van der Waals surface area contributed by atoms with Crippen molar-refractivity contribution in [3.8, 4) is 0 Å². The van der Waals surface area contributed by atoms with Gasteiger partial charge in [-0.25, -0.2) is 9.18 Å². The average molecular weight is 256 g/mol. The van der Waals surface area contributed by atoms with Gasteiger partial charge in [0.25, 0.3) is 0 Å². The van der Waals surface area contributed by atoms with Crippen molar-refractivity contribution < 1.29 is 13.9 Å². The minimum Gasteiger partial charge on any atom is -0.463 e. The van der Waals surface area contributed by atoms with Gasteiger partial charge in [0.15, 0.2) is 0 Å². The van der Waals surface area contributed by atoms with Crippen molar-refractivity contribution in [2.24, 2.45) is 0 Å². The maximum Gasteiger partial charge on any atom is 0.336 e. The number of hydrogen-bond acceptors (Lipinski definition) is 2. The molecule has 3 heteroatoms. The van der Waals surface area contributed by atoms with Crippen molar-refractivity contribution in [1.29, 1.82) is 0 Å². The Hall–Kier alpha value is -1.12. The second-order valence-corrected chi connectivity index (χ2v) is 4.27. The van der Waals surface area contributed by atoms with E-state index in [1.807, 2.05) is 0 Å². The van der Waals surface area contributed by atoms with Crippen LogP contribution in [0.15, 0.2) is 24.1 Å². The summed E-state index contributed by atoms with van der Waals surface area (Å²) in [6.07, 6.45) is 8.14. The van der Waals surface area contributed by atoms with E-state index in [4.69, 9.17) is 4.74 Å². The molecule has 0 N–H and O–H groups in total. The summed E-state index contributed by atoms with van der Waals surface area (Å²) in [5.74, 6) is -1.11. The average Bonchev–Trinajstić information content (AvgIpc) is 2.37. The van der Waals surface area contributed by atoms with Crippen molar-refractivity contribution in [2.45, 2.75) is 58.8 Å². The Morgan fingerprint density at radius 1 is 1.17 bits per heavy atom. The number of rotatable bonds is 10. The fraction of sp³-hybridized carbons (Fsp3) is 0.667. The number of ether oxygens (including phenoxy) is 1. The van der Waals surface area contributed by atoms with Crippen LogP contribution in [0.2, 0.25) is 0 Å². The Bertz CT molecular complexity index is 282. The molecule has 0 aromatic carbocycles. The van der Waals surface area contributed by atoms with Crippen LogP contribution in [-0.2, 0) is 9.53 Å². The van der Waals surface area contributed by atoms with E-state index in [0.717, 1.165) is 25.3 Å². The summed E-state index contributed by atoms with van der Waals surface area (Å²) in [5, 5.41) is 0. The molecule has 0 unspecified atom stereocenters. The Morgan fingerprint density at radius 3 is 2.33 bits per heavy atom. The molecular formula is C15H25FO2. The maximum absolute atomic E-state index is 13.5. The van der Waals surface area contributed by atoms with Crippen LogP contribution in [0.4, 0.5) is 4.39 Å². The van der Waals surface area contributed by atoms with Gasteiger partial charge >= 0.3 is 5.97 Å². The molecule has 0 spiro atoms.